The average molecular weight is 248 g/mol. The van der Waals surface area contributed by atoms with Crippen molar-refractivity contribution in [2.75, 3.05) is 0 Å². The van der Waals surface area contributed by atoms with Crippen LogP contribution in [0.1, 0.15) is 38.7 Å². The Labute approximate surface area is 108 Å². The van der Waals surface area contributed by atoms with E-state index in [0.29, 0.717) is 11.0 Å². The third-order valence-corrected chi connectivity index (χ3v) is 5.27. The number of Topliss-reactive ketones (excluding diaryl/α,β-unsaturated/α-hetero) is 1. The first kappa shape index (κ1) is 12.7. The Balaban J connectivity index is 2.10. The summed E-state index contributed by atoms with van der Waals surface area (Å²) in [7, 11) is 0. The highest BCUT2D eigenvalue weighted by Gasteiger charge is 2.36. The minimum Gasteiger partial charge on any atom is -0.300 e. The molecule has 2 heteroatoms. The molecule has 0 spiro atoms. The van der Waals surface area contributed by atoms with Crippen molar-refractivity contribution < 1.29 is 4.79 Å². The van der Waals surface area contributed by atoms with E-state index in [2.05, 4.69) is 45.0 Å². The summed E-state index contributed by atoms with van der Waals surface area (Å²) in [4.78, 5) is 12.9. The van der Waals surface area contributed by atoms with Gasteiger partial charge in [0, 0.05) is 23.0 Å². The zero-order valence-corrected chi connectivity index (χ0v) is 11.6. The second kappa shape index (κ2) is 4.85. The lowest BCUT2D eigenvalue weighted by atomic mass is 9.76. The van der Waals surface area contributed by atoms with Crippen LogP contribution in [0, 0.1) is 12.3 Å². The smallest absolute Gasteiger partial charge is 0.134 e. The number of benzene rings is 1. The van der Waals surface area contributed by atoms with Gasteiger partial charge in [0.15, 0.2) is 0 Å². The molecule has 0 saturated heterocycles. The lowest BCUT2D eigenvalue weighted by Crippen LogP contribution is -2.34. The monoisotopic (exact) mass is 248 g/mol. The molecule has 1 aliphatic carbocycles. The molecule has 1 atom stereocenters. The highest BCUT2D eigenvalue weighted by Crippen LogP contribution is 2.44. The molecule has 0 unspecified atom stereocenters. The Hall–Kier alpha value is -0.760. The van der Waals surface area contributed by atoms with E-state index in [1.165, 1.54) is 10.5 Å². The van der Waals surface area contributed by atoms with Gasteiger partial charge >= 0.3 is 0 Å². The molecule has 1 nitrogen and oxygen atoms in total. The number of carbonyl (C=O) groups excluding carboxylic acids is 1. The van der Waals surface area contributed by atoms with Crippen LogP contribution in [0.25, 0.3) is 0 Å². The van der Waals surface area contributed by atoms with Crippen LogP contribution < -0.4 is 0 Å². The van der Waals surface area contributed by atoms with Gasteiger partial charge in [-0.05, 0) is 30.9 Å². The van der Waals surface area contributed by atoms with Crippen molar-refractivity contribution in [3.8, 4) is 0 Å². The van der Waals surface area contributed by atoms with E-state index in [0.717, 1.165) is 19.3 Å². The maximum absolute atomic E-state index is 11.6. The number of aryl methyl sites for hydroxylation is 1. The van der Waals surface area contributed by atoms with E-state index in [1.54, 1.807) is 0 Å². The first-order valence-electron chi connectivity index (χ1n) is 6.22. The predicted octanol–water partition coefficient (Wildman–Crippen LogP) is 4.23. The molecule has 1 fully saturated rings. The van der Waals surface area contributed by atoms with Crippen LogP contribution >= 0.6 is 11.8 Å². The van der Waals surface area contributed by atoms with E-state index >= 15 is 0 Å². The molecule has 1 aliphatic rings. The van der Waals surface area contributed by atoms with Crippen molar-refractivity contribution in [1.29, 1.82) is 0 Å². The molecule has 0 aromatic heterocycles. The van der Waals surface area contributed by atoms with Crippen LogP contribution in [0.5, 0.6) is 0 Å². The average Bonchev–Trinajstić information content (AvgIpc) is 2.27. The summed E-state index contributed by atoms with van der Waals surface area (Å²) < 4.78 is 0. The van der Waals surface area contributed by atoms with Crippen molar-refractivity contribution in [2.24, 2.45) is 5.41 Å². The molecule has 92 valence electrons. The minimum absolute atomic E-state index is 0.267. The maximum atomic E-state index is 11.6. The molecule has 0 radical (unpaired) electrons. The highest BCUT2D eigenvalue weighted by molar-refractivity contribution is 8.00. The number of hydrogen-bond acceptors (Lipinski definition) is 2. The Morgan fingerprint density at radius 1 is 1.24 bits per heavy atom. The zero-order valence-electron chi connectivity index (χ0n) is 10.8. The van der Waals surface area contributed by atoms with Crippen LogP contribution in [-0.4, -0.2) is 11.0 Å². The normalized spacial score (nSPS) is 23.7. The fourth-order valence-electron chi connectivity index (χ4n) is 2.19. The summed E-state index contributed by atoms with van der Waals surface area (Å²) in [6, 6.07) is 8.60. The first-order chi connectivity index (χ1) is 7.97. The summed E-state index contributed by atoms with van der Waals surface area (Å²) >= 11 is 1.86. The van der Waals surface area contributed by atoms with Crippen LogP contribution in [-0.2, 0) is 4.79 Å². The molecular weight excluding hydrogens is 228 g/mol. The van der Waals surface area contributed by atoms with Crippen molar-refractivity contribution in [3.05, 3.63) is 29.8 Å². The van der Waals surface area contributed by atoms with Gasteiger partial charge in [-0.15, -0.1) is 11.8 Å². The summed E-state index contributed by atoms with van der Waals surface area (Å²) in [6.07, 6.45) is 2.51. The molecule has 0 N–H and O–H groups in total. The summed E-state index contributed by atoms with van der Waals surface area (Å²) in [6.45, 7) is 6.67. The molecule has 0 aliphatic heterocycles. The van der Waals surface area contributed by atoms with Crippen LogP contribution in [0.4, 0.5) is 0 Å². The van der Waals surface area contributed by atoms with Crippen LogP contribution in [0.2, 0.25) is 0 Å². The minimum atomic E-state index is 0.267. The molecule has 2 rings (SSSR count). The number of hydrogen-bond donors (Lipinski definition) is 0. The molecule has 1 aromatic rings. The van der Waals surface area contributed by atoms with Gasteiger partial charge in [0.1, 0.15) is 5.78 Å². The Kier molecular flexibility index (Phi) is 3.62. The van der Waals surface area contributed by atoms with Gasteiger partial charge in [-0.2, -0.15) is 0 Å². The lowest BCUT2D eigenvalue weighted by Gasteiger charge is -2.37. The fraction of sp³-hybridized carbons (Fsp3) is 0.533. The van der Waals surface area contributed by atoms with Crippen molar-refractivity contribution in [1.82, 2.24) is 0 Å². The first-order valence-corrected chi connectivity index (χ1v) is 7.10. The summed E-state index contributed by atoms with van der Waals surface area (Å²) in [5, 5.41) is 0.423. The maximum Gasteiger partial charge on any atom is 0.134 e. The van der Waals surface area contributed by atoms with Crippen molar-refractivity contribution >= 4 is 17.5 Å². The van der Waals surface area contributed by atoms with E-state index in [9.17, 15) is 4.79 Å². The molecule has 17 heavy (non-hydrogen) atoms. The van der Waals surface area contributed by atoms with Crippen LogP contribution in [0.15, 0.2) is 29.2 Å². The zero-order chi connectivity index (χ0) is 12.5. The van der Waals surface area contributed by atoms with Crippen molar-refractivity contribution in [3.63, 3.8) is 0 Å². The fourth-order valence-corrected chi connectivity index (χ4v) is 3.52. The van der Waals surface area contributed by atoms with E-state index in [1.807, 2.05) is 11.8 Å². The Morgan fingerprint density at radius 2 is 1.88 bits per heavy atom. The SMILES string of the molecule is Cc1ccc(S[C@@H]2CC(=O)CCC2(C)C)cc1. The second-order valence-corrected chi connectivity index (χ2v) is 6.93. The quantitative estimate of drug-likeness (QED) is 0.779. The Bertz CT molecular complexity index is 405. The molecular formula is C15H20OS. The molecule has 1 saturated carbocycles. The van der Waals surface area contributed by atoms with Crippen molar-refractivity contribution in [2.45, 2.75) is 50.2 Å². The predicted molar refractivity (Wildman–Crippen MR) is 73.5 cm³/mol. The van der Waals surface area contributed by atoms with Gasteiger partial charge in [0.2, 0.25) is 0 Å². The summed E-state index contributed by atoms with van der Waals surface area (Å²) in [5.41, 5.74) is 1.55. The molecule has 0 bridgehead atoms. The van der Waals surface area contributed by atoms with Gasteiger partial charge in [-0.3, -0.25) is 4.79 Å². The number of carbonyl (C=O) groups is 1. The van der Waals surface area contributed by atoms with Gasteiger partial charge in [-0.1, -0.05) is 31.5 Å². The number of rotatable bonds is 2. The van der Waals surface area contributed by atoms with E-state index < -0.39 is 0 Å². The lowest BCUT2D eigenvalue weighted by molar-refractivity contribution is -0.121. The topological polar surface area (TPSA) is 17.1 Å². The Morgan fingerprint density at radius 3 is 2.53 bits per heavy atom. The van der Waals surface area contributed by atoms with Crippen LogP contribution in [0.3, 0.4) is 0 Å². The van der Waals surface area contributed by atoms with Gasteiger partial charge in [-0.25, -0.2) is 0 Å². The number of ketones is 1. The van der Waals surface area contributed by atoms with Gasteiger partial charge in [0.05, 0.1) is 0 Å². The number of thioether (sulfide) groups is 1. The van der Waals surface area contributed by atoms with E-state index in [4.69, 9.17) is 0 Å². The largest absolute Gasteiger partial charge is 0.300 e. The van der Waals surface area contributed by atoms with Gasteiger partial charge < -0.3 is 0 Å². The molecule has 0 heterocycles. The summed E-state index contributed by atoms with van der Waals surface area (Å²) in [5.74, 6) is 0.425. The third-order valence-electron chi connectivity index (χ3n) is 3.63. The molecule has 0 amide bonds. The third kappa shape index (κ3) is 3.12. The second-order valence-electron chi connectivity index (χ2n) is 5.65. The highest BCUT2D eigenvalue weighted by atomic mass is 32.2. The molecule has 1 aromatic carbocycles. The van der Waals surface area contributed by atoms with Gasteiger partial charge in [0.25, 0.3) is 0 Å². The standard InChI is InChI=1S/C15H20OS/c1-11-4-6-13(7-5-11)17-14-10-12(16)8-9-15(14,2)3/h4-7,14H,8-10H2,1-3H3/t14-/m1/s1. The van der Waals surface area contributed by atoms with E-state index in [-0.39, 0.29) is 5.41 Å².